The summed E-state index contributed by atoms with van der Waals surface area (Å²) in [5.41, 5.74) is 0.488. The lowest BCUT2D eigenvalue weighted by molar-refractivity contribution is -0.172. The van der Waals surface area contributed by atoms with Gasteiger partial charge in [-0.1, -0.05) is 30.9 Å². The van der Waals surface area contributed by atoms with Crippen molar-refractivity contribution >= 4 is 29.5 Å². The Labute approximate surface area is 175 Å². The summed E-state index contributed by atoms with van der Waals surface area (Å²) < 4.78 is 40.7. The van der Waals surface area contributed by atoms with Gasteiger partial charge in [0.25, 0.3) is 0 Å². The first-order valence-electron chi connectivity index (χ1n) is 9.62. The fourth-order valence-corrected chi connectivity index (χ4v) is 4.41. The molecule has 7 nitrogen and oxygen atoms in total. The average molecular weight is 448 g/mol. The average Bonchev–Trinajstić information content (AvgIpc) is 2.67. The molecule has 0 spiro atoms. The molecule has 1 saturated heterocycles. The van der Waals surface area contributed by atoms with Gasteiger partial charge in [0.2, 0.25) is 5.91 Å². The van der Waals surface area contributed by atoms with E-state index < -0.39 is 48.0 Å². The van der Waals surface area contributed by atoms with E-state index in [0.717, 1.165) is 6.42 Å². The van der Waals surface area contributed by atoms with Crippen LogP contribution in [0.15, 0.2) is 18.5 Å². The zero-order chi connectivity index (χ0) is 22.1. The Bertz CT molecular complexity index is 829. The molecule has 1 aromatic rings. The highest BCUT2D eigenvalue weighted by Crippen LogP contribution is 2.36. The summed E-state index contributed by atoms with van der Waals surface area (Å²) in [6.45, 7) is 0. The van der Waals surface area contributed by atoms with Crippen LogP contribution >= 0.6 is 11.6 Å². The van der Waals surface area contributed by atoms with Crippen molar-refractivity contribution in [3.05, 3.63) is 29.0 Å². The smallest absolute Gasteiger partial charge is 0.408 e. The minimum absolute atomic E-state index is 0.0432. The summed E-state index contributed by atoms with van der Waals surface area (Å²) in [6, 6.07) is -3.51. The van der Waals surface area contributed by atoms with Crippen molar-refractivity contribution in [2.45, 2.75) is 56.8 Å². The van der Waals surface area contributed by atoms with Gasteiger partial charge in [-0.15, -0.1) is 0 Å². The number of rotatable bonds is 5. The maximum Gasteiger partial charge on any atom is 0.408 e. The molecule has 164 valence electrons. The summed E-state index contributed by atoms with van der Waals surface area (Å²) in [7, 11) is 0. The number of nitrogens with one attached hydrogen (secondary N) is 1. The third-order valence-corrected chi connectivity index (χ3v) is 5.86. The topological polar surface area (TPSA) is 99.6 Å². The molecule has 11 heteroatoms. The highest BCUT2D eigenvalue weighted by molar-refractivity contribution is 6.30. The number of β-lactam (4-membered cyclic amide) rings is 1. The monoisotopic (exact) mass is 447 g/mol. The number of hydrogen-bond acceptors (Lipinski definition) is 4. The molecule has 3 atom stereocenters. The van der Waals surface area contributed by atoms with E-state index in [0.29, 0.717) is 41.2 Å². The van der Waals surface area contributed by atoms with Gasteiger partial charge in [-0.25, -0.2) is 14.5 Å². The standard InChI is InChI=1S/C19H21ClF3N3O4/c20-12-6-10(8-24-9-12)7-13-14(17(28)29)26(16(13)27)18(30)25-15(19(21,22)23)11-4-2-1-3-5-11/h6,8-9,11,13-15H,1-5,7H2,(H,25,30)(H,28,29). The van der Waals surface area contributed by atoms with Gasteiger partial charge >= 0.3 is 18.2 Å². The molecular formula is C19H21ClF3N3O4. The minimum Gasteiger partial charge on any atom is -0.480 e. The zero-order valence-electron chi connectivity index (χ0n) is 15.9. The largest absolute Gasteiger partial charge is 0.480 e. The number of carbonyl (C=O) groups is 3. The van der Waals surface area contributed by atoms with Crippen LogP contribution in [-0.2, 0) is 16.0 Å². The highest BCUT2D eigenvalue weighted by Gasteiger charge is 2.56. The van der Waals surface area contributed by atoms with Gasteiger partial charge in [-0.3, -0.25) is 9.78 Å². The van der Waals surface area contributed by atoms with Gasteiger partial charge in [-0.05, 0) is 36.8 Å². The van der Waals surface area contributed by atoms with Gasteiger partial charge in [0.15, 0.2) is 6.04 Å². The molecule has 1 saturated carbocycles. The molecule has 1 aromatic heterocycles. The number of hydrogen-bond donors (Lipinski definition) is 2. The van der Waals surface area contributed by atoms with Gasteiger partial charge in [0, 0.05) is 12.4 Å². The second kappa shape index (κ2) is 8.79. The van der Waals surface area contributed by atoms with Crippen molar-refractivity contribution < 1.29 is 32.7 Å². The molecule has 2 fully saturated rings. The van der Waals surface area contributed by atoms with E-state index in [1.54, 1.807) is 0 Å². The number of nitrogens with zero attached hydrogens (tertiary/aromatic N) is 2. The van der Waals surface area contributed by atoms with Crippen LogP contribution in [0.5, 0.6) is 0 Å². The molecule has 3 unspecified atom stereocenters. The number of imide groups is 1. The van der Waals surface area contributed by atoms with Gasteiger partial charge < -0.3 is 10.4 Å². The van der Waals surface area contributed by atoms with Crippen molar-refractivity contribution in [3.8, 4) is 0 Å². The number of alkyl halides is 3. The van der Waals surface area contributed by atoms with Crippen molar-refractivity contribution in [2.75, 3.05) is 0 Å². The molecule has 2 N–H and O–H groups in total. The predicted octanol–water partition coefficient (Wildman–Crippen LogP) is 3.41. The number of amides is 3. The van der Waals surface area contributed by atoms with Gasteiger partial charge in [0.1, 0.15) is 6.04 Å². The fraction of sp³-hybridized carbons (Fsp3) is 0.579. The van der Waals surface area contributed by atoms with Crippen LogP contribution in [0.25, 0.3) is 0 Å². The van der Waals surface area contributed by atoms with E-state index in [1.165, 1.54) is 18.5 Å². The molecule has 0 aromatic carbocycles. The Morgan fingerprint density at radius 1 is 1.27 bits per heavy atom. The summed E-state index contributed by atoms with van der Waals surface area (Å²) >= 11 is 5.83. The maximum absolute atomic E-state index is 13.6. The Kier molecular flexibility index (Phi) is 6.54. The number of carboxylic acid groups (broad SMARTS) is 1. The highest BCUT2D eigenvalue weighted by atomic mass is 35.5. The molecule has 2 aliphatic rings. The molecule has 1 aliphatic carbocycles. The Morgan fingerprint density at radius 2 is 1.93 bits per heavy atom. The van der Waals surface area contributed by atoms with Crippen molar-refractivity contribution in [3.63, 3.8) is 0 Å². The first kappa shape index (κ1) is 22.3. The SMILES string of the molecule is O=C(O)C1C(Cc2cncc(Cl)c2)C(=O)N1C(=O)NC(C1CCCCC1)C(F)(F)F. The number of carbonyl (C=O) groups excluding carboxylic acids is 2. The van der Waals surface area contributed by atoms with Gasteiger partial charge in [-0.2, -0.15) is 13.2 Å². The van der Waals surface area contributed by atoms with E-state index in [9.17, 15) is 32.7 Å². The Balaban J connectivity index is 1.74. The first-order chi connectivity index (χ1) is 14.1. The summed E-state index contributed by atoms with van der Waals surface area (Å²) in [6.07, 6.45) is 0.742. The lowest BCUT2D eigenvalue weighted by atomic mass is 9.82. The van der Waals surface area contributed by atoms with Crippen molar-refractivity contribution in [1.82, 2.24) is 15.2 Å². The summed E-state index contributed by atoms with van der Waals surface area (Å²) in [4.78, 5) is 40.9. The third-order valence-electron chi connectivity index (χ3n) is 5.66. The molecule has 0 bridgehead atoms. The zero-order valence-corrected chi connectivity index (χ0v) is 16.6. The molecule has 0 radical (unpaired) electrons. The number of urea groups is 1. The molecule has 1 aliphatic heterocycles. The molecular weight excluding hydrogens is 427 g/mol. The molecule has 2 heterocycles. The minimum atomic E-state index is -4.70. The van der Waals surface area contributed by atoms with E-state index in [2.05, 4.69) is 4.98 Å². The summed E-state index contributed by atoms with van der Waals surface area (Å²) in [5, 5.41) is 11.7. The van der Waals surface area contributed by atoms with Crippen molar-refractivity contribution in [1.29, 1.82) is 0 Å². The summed E-state index contributed by atoms with van der Waals surface area (Å²) in [5.74, 6) is -4.20. The van der Waals surface area contributed by atoms with Crippen LogP contribution in [0.1, 0.15) is 37.7 Å². The van der Waals surface area contributed by atoms with Crippen LogP contribution in [-0.4, -0.2) is 51.2 Å². The second-order valence-electron chi connectivity index (χ2n) is 7.68. The number of aromatic nitrogens is 1. The van der Waals surface area contributed by atoms with Gasteiger partial charge in [0.05, 0.1) is 10.9 Å². The van der Waals surface area contributed by atoms with Crippen LogP contribution in [0.3, 0.4) is 0 Å². The van der Waals surface area contributed by atoms with Crippen LogP contribution < -0.4 is 5.32 Å². The third kappa shape index (κ3) is 4.69. The molecule has 3 rings (SSSR count). The second-order valence-corrected chi connectivity index (χ2v) is 8.12. The normalized spacial score (nSPS) is 23.6. The quantitative estimate of drug-likeness (QED) is 0.674. The molecule has 30 heavy (non-hydrogen) atoms. The molecule has 3 amide bonds. The van der Waals surface area contributed by atoms with Crippen LogP contribution in [0.4, 0.5) is 18.0 Å². The number of aliphatic carboxylic acids is 1. The lowest BCUT2D eigenvalue weighted by Gasteiger charge is -2.44. The predicted molar refractivity (Wildman–Crippen MR) is 99.7 cm³/mol. The first-order valence-corrected chi connectivity index (χ1v) is 10.00. The number of carboxylic acids is 1. The Hall–Kier alpha value is -2.36. The maximum atomic E-state index is 13.6. The van der Waals surface area contributed by atoms with Crippen LogP contribution in [0, 0.1) is 11.8 Å². The van der Waals surface area contributed by atoms with E-state index in [-0.39, 0.29) is 6.42 Å². The number of halogens is 4. The van der Waals surface area contributed by atoms with Crippen molar-refractivity contribution in [2.24, 2.45) is 11.8 Å². The lowest BCUT2D eigenvalue weighted by Crippen LogP contribution is -2.70. The Morgan fingerprint density at radius 3 is 2.50 bits per heavy atom. The fourth-order valence-electron chi connectivity index (χ4n) is 4.21. The number of likely N-dealkylation sites (tertiary alicyclic amines) is 1. The van der Waals surface area contributed by atoms with E-state index in [4.69, 9.17) is 11.6 Å². The number of pyridine rings is 1. The van der Waals surface area contributed by atoms with E-state index >= 15 is 0 Å². The van der Waals surface area contributed by atoms with E-state index in [1.807, 2.05) is 5.32 Å². The van der Waals surface area contributed by atoms with Crippen LogP contribution in [0.2, 0.25) is 5.02 Å².